The molecule has 0 unspecified atom stereocenters. The third-order valence-electron chi connectivity index (χ3n) is 2.14. The Balaban J connectivity index is 4.30. The highest BCUT2D eigenvalue weighted by atomic mass is 16.7. The van der Waals surface area contributed by atoms with Gasteiger partial charge in [-0.25, -0.2) is 0 Å². The maximum Gasteiger partial charge on any atom is 0.170 e. The van der Waals surface area contributed by atoms with Gasteiger partial charge in [-0.2, -0.15) is 0 Å². The third-order valence-corrected chi connectivity index (χ3v) is 2.14. The van der Waals surface area contributed by atoms with Crippen LogP contribution < -0.4 is 0 Å². The molecule has 0 spiro atoms. The summed E-state index contributed by atoms with van der Waals surface area (Å²) in [4.78, 5) is 0. The van der Waals surface area contributed by atoms with Crippen LogP contribution in [0.4, 0.5) is 0 Å². The molecule has 4 heteroatoms. The lowest BCUT2D eigenvalue weighted by Gasteiger charge is -2.32. The van der Waals surface area contributed by atoms with Crippen LogP contribution in [0.2, 0.25) is 0 Å². The molecule has 0 amide bonds. The topological polar surface area (TPSA) is 36.9 Å². The molecule has 98 valence electrons. The molecule has 0 atom stereocenters. The molecule has 0 saturated carbocycles. The van der Waals surface area contributed by atoms with Crippen LogP contribution >= 0.6 is 0 Å². The zero-order valence-corrected chi connectivity index (χ0v) is 11.2. The number of hydrogen-bond donors (Lipinski definition) is 0. The van der Waals surface area contributed by atoms with E-state index in [1.807, 2.05) is 34.6 Å². The van der Waals surface area contributed by atoms with Gasteiger partial charge in [0.15, 0.2) is 12.1 Å². The monoisotopic (exact) mass is 234 g/mol. The molecule has 0 rings (SSSR count). The van der Waals surface area contributed by atoms with Crippen molar-refractivity contribution >= 4 is 0 Å². The minimum atomic E-state index is -0.626. The molecular weight excluding hydrogens is 208 g/mol. The van der Waals surface area contributed by atoms with Gasteiger partial charge in [0.2, 0.25) is 0 Å². The van der Waals surface area contributed by atoms with Crippen LogP contribution in [0.15, 0.2) is 0 Å². The van der Waals surface area contributed by atoms with E-state index >= 15 is 0 Å². The summed E-state index contributed by atoms with van der Waals surface area (Å²) in [5.74, 6) is -0.626. The summed E-state index contributed by atoms with van der Waals surface area (Å²) in [6.07, 6.45) is 0.314. The van der Waals surface area contributed by atoms with Gasteiger partial charge in [0.25, 0.3) is 0 Å². The molecule has 0 saturated heterocycles. The van der Waals surface area contributed by atoms with E-state index in [-0.39, 0.29) is 6.29 Å². The Labute approximate surface area is 99.2 Å². The standard InChI is InChI=1S/C12H26O4/c1-6-13-11(14-7-2)10-12(5,15-8-3)16-9-4/h11H,6-10H2,1-5H3. The van der Waals surface area contributed by atoms with E-state index in [0.717, 1.165) is 0 Å². The van der Waals surface area contributed by atoms with Crippen LogP contribution in [-0.2, 0) is 18.9 Å². The molecule has 16 heavy (non-hydrogen) atoms. The van der Waals surface area contributed by atoms with Crippen molar-refractivity contribution in [1.82, 2.24) is 0 Å². The van der Waals surface area contributed by atoms with E-state index in [2.05, 4.69) is 0 Å². The van der Waals surface area contributed by atoms with Crippen molar-refractivity contribution in [2.24, 2.45) is 0 Å². The summed E-state index contributed by atoms with van der Waals surface area (Å²) in [5.41, 5.74) is 0. The number of hydrogen-bond acceptors (Lipinski definition) is 4. The van der Waals surface area contributed by atoms with Crippen LogP contribution in [0.3, 0.4) is 0 Å². The molecular formula is C12H26O4. The largest absolute Gasteiger partial charge is 0.353 e. The van der Waals surface area contributed by atoms with E-state index in [4.69, 9.17) is 18.9 Å². The maximum atomic E-state index is 5.61. The molecule has 0 N–H and O–H groups in total. The summed E-state index contributed by atoms with van der Waals surface area (Å²) in [5, 5.41) is 0. The van der Waals surface area contributed by atoms with Crippen LogP contribution in [0.25, 0.3) is 0 Å². The lowest BCUT2D eigenvalue weighted by Crippen LogP contribution is -2.38. The molecule has 0 aromatic rings. The van der Waals surface area contributed by atoms with Crippen molar-refractivity contribution < 1.29 is 18.9 Å². The Morgan fingerprint density at radius 3 is 1.56 bits per heavy atom. The van der Waals surface area contributed by atoms with Gasteiger partial charge in [-0.1, -0.05) is 0 Å². The summed E-state index contributed by atoms with van der Waals surface area (Å²) >= 11 is 0. The summed E-state index contributed by atoms with van der Waals surface area (Å²) in [7, 11) is 0. The maximum absolute atomic E-state index is 5.61. The van der Waals surface area contributed by atoms with Gasteiger partial charge in [0.1, 0.15) is 0 Å². The fraction of sp³-hybridized carbons (Fsp3) is 1.00. The van der Waals surface area contributed by atoms with Crippen LogP contribution in [0.5, 0.6) is 0 Å². The van der Waals surface area contributed by atoms with Crippen molar-refractivity contribution in [3.8, 4) is 0 Å². The van der Waals surface area contributed by atoms with E-state index in [1.165, 1.54) is 0 Å². The molecule has 0 aliphatic carbocycles. The van der Waals surface area contributed by atoms with E-state index in [0.29, 0.717) is 32.8 Å². The summed E-state index contributed by atoms with van der Waals surface area (Å²) in [6, 6.07) is 0. The fourth-order valence-corrected chi connectivity index (χ4v) is 1.61. The minimum Gasteiger partial charge on any atom is -0.353 e. The van der Waals surface area contributed by atoms with Crippen molar-refractivity contribution in [3.05, 3.63) is 0 Å². The predicted molar refractivity (Wildman–Crippen MR) is 63.3 cm³/mol. The smallest absolute Gasteiger partial charge is 0.170 e. The van der Waals surface area contributed by atoms with Gasteiger partial charge in [0, 0.05) is 26.4 Å². The number of rotatable bonds is 10. The lowest BCUT2D eigenvalue weighted by molar-refractivity contribution is -0.264. The van der Waals surface area contributed by atoms with Crippen molar-refractivity contribution in [2.75, 3.05) is 26.4 Å². The summed E-state index contributed by atoms with van der Waals surface area (Å²) < 4.78 is 22.2. The molecule has 0 radical (unpaired) electrons. The Morgan fingerprint density at radius 1 is 0.812 bits per heavy atom. The average molecular weight is 234 g/mol. The van der Waals surface area contributed by atoms with Gasteiger partial charge < -0.3 is 18.9 Å². The second kappa shape index (κ2) is 8.93. The first-order chi connectivity index (χ1) is 7.61. The first kappa shape index (κ1) is 15.8. The zero-order valence-electron chi connectivity index (χ0n) is 11.2. The summed E-state index contributed by atoms with van der Waals surface area (Å²) in [6.45, 7) is 12.2. The van der Waals surface area contributed by atoms with Crippen molar-refractivity contribution in [1.29, 1.82) is 0 Å². The highest BCUT2D eigenvalue weighted by Gasteiger charge is 2.30. The lowest BCUT2D eigenvalue weighted by atomic mass is 10.2. The van der Waals surface area contributed by atoms with Gasteiger partial charge in [-0.05, 0) is 34.6 Å². The first-order valence-electron chi connectivity index (χ1n) is 6.12. The van der Waals surface area contributed by atoms with Crippen molar-refractivity contribution in [2.45, 2.75) is 53.1 Å². The zero-order chi connectivity index (χ0) is 12.4. The van der Waals surface area contributed by atoms with E-state index in [9.17, 15) is 0 Å². The molecule has 0 aliphatic heterocycles. The van der Waals surface area contributed by atoms with Gasteiger partial charge in [-0.15, -0.1) is 0 Å². The predicted octanol–water partition coefficient (Wildman–Crippen LogP) is 2.56. The SMILES string of the molecule is CCOC(CC(C)(OCC)OCC)OCC. The Bertz CT molecular complexity index is 149. The highest BCUT2D eigenvalue weighted by molar-refractivity contribution is 4.66. The molecule has 0 fully saturated rings. The van der Waals surface area contributed by atoms with Gasteiger partial charge in [-0.3, -0.25) is 0 Å². The average Bonchev–Trinajstić information content (AvgIpc) is 2.18. The second-order valence-corrected chi connectivity index (χ2v) is 3.54. The Kier molecular flexibility index (Phi) is 8.84. The minimum absolute atomic E-state index is 0.266. The van der Waals surface area contributed by atoms with Crippen LogP contribution in [0.1, 0.15) is 41.0 Å². The molecule has 4 nitrogen and oxygen atoms in total. The van der Waals surface area contributed by atoms with Crippen LogP contribution in [0, 0.1) is 0 Å². The van der Waals surface area contributed by atoms with Gasteiger partial charge >= 0.3 is 0 Å². The quantitative estimate of drug-likeness (QED) is 0.544. The molecule has 0 heterocycles. The van der Waals surface area contributed by atoms with Gasteiger partial charge in [0.05, 0.1) is 6.42 Å². The van der Waals surface area contributed by atoms with E-state index < -0.39 is 5.79 Å². The first-order valence-corrected chi connectivity index (χ1v) is 6.12. The Morgan fingerprint density at radius 2 is 1.25 bits per heavy atom. The molecule has 0 aliphatic rings. The van der Waals surface area contributed by atoms with Crippen LogP contribution in [-0.4, -0.2) is 38.5 Å². The Hall–Kier alpha value is -0.160. The van der Waals surface area contributed by atoms with E-state index in [1.54, 1.807) is 0 Å². The normalized spacial score (nSPS) is 12.4. The molecule has 0 aromatic heterocycles. The molecule has 0 bridgehead atoms. The second-order valence-electron chi connectivity index (χ2n) is 3.54. The highest BCUT2D eigenvalue weighted by Crippen LogP contribution is 2.21. The fourth-order valence-electron chi connectivity index (χ4n) is 1.61. The van der Waals surface area contributed by atoms with Crippen molar-refractivity contribution in [3.63, 3.8) is 0 Å². The molecule has 0 aromatic carbocycles. The number of ether oxygens (including phenoxy) is 4. The third kappa shape index (κ3) is 6.43.